The fourth-order valence-corrected chi connectivity index (χ4v) is 1.65. The predicted octanol–water partition coefficient (Wildman–Crippen LogP) is 2.36. The van der Waals surface area contributed by atoms with Crippen molar-refractivity contribution in [1.82, 2.24) is 4.90 Å². The first-order valence-corrected chi connectivity index (χ1v) is 5.72. The second kappa shape index (κ2) is 5.93. The minimum Gasteiger partial charge on any atom is -0.463 e. The van der Waals surface area contributed by atoms with Gasteiger partial charge in [-0.15, -0.1) is 0 Å². The summed E-state index contributed by atoms with van der Waals surface area (Å²) in [5.41, 5.74) is 5.51. The lowest BCUT2D eigenvalue weighted by molar-refractivity contribution is 0.189. The molecule has 0 spiro atoms. The highest BCUT2D eigenvalue weighted by atomic mass is 16.3. The highest BCUT2D eigenvalue weighted by molar-refractivity contribution is 5.06. The van der Waals surface area contributed by atoms with E-state index in [0.717, 1.165) is 31.0 Å². The van der Waals surface area contributed by atoms with E-state index in [1.165, 1.54) is 0 Å². The first-order chi connectivity index (χ1) is 7.21. The van der Waals surface area contributed by atoms with E-state index in [1.807, 2.05) is 12.1 Å². The highest BCUT2D eigenvalue weighted by Crippen LogP contribution is 2.13. The van der Waals surface area contributed by atoms with E-state index in [1.54, 1.807) is 0 Å². The monoisotopic (exact) mass is 210 g/mol. The molecule has 86 valence electrons. The van der Waals surface area contributed by atoms with Crippen LogP contribution in [0.1, 0.15) is 38.7 Å². The van der Waals surface area contributed by atoms with Crippen molar-refractivity contribution >= 4 is 0 Å². The molecule has 1 heterocycles. The number of hydrogen-bond donors (Lipinski definition) is 1. The van der Waals surface area contributed by atoms with Gasteiger partial charge in [0.25, 0.3) is 0 Å². The van der Waals surface area contributed by atoms with E-state index in [9.17, 15) is 0 Å². The van der Waals surface area contributed by atoms with E-state index in [-0.39, 0.29) is 0 Å². The molecule has 0 fully saturated rings. The fraction of sp³-hybridized carbons (Fsp3) is 0.667. The predicted molar refractivity (Wildman–Crippen MR) is 62.4 cm³/mol. The molecular formula is C12H22N2O. The minimum absolute atomic E-state index is 0.482. The molecule has 0 amide bonds. The lowest BCUT2D eigenvalue weighted by Crippen LogP contribution is -2.31. The van der Waals surface area contributed by atoms with Gasteiger partial charge in [0, 0.05) is 6.04 Å². The second-order valence-corrected chi connectivity index (χ2v) is 3.89. The van der Waals surface area contributed by atoms with Crippen LogP contribution in [0, 0.1) is 0 Å². The summed E-state index contributed by atoms with van der Waals surface area (Å²) in [7, 11) is 0. The molecule has 1 atom stereocenters. The van der Waals surface area contributed by atoms with Crippen molar-refractivity contribution in [2.75, 3.05) is 6.54 Å². The lowest BCUT2D eigenvalue weighted by atomic mass is 10.2. The average molecular weight is 210 g/mol. The summed E-state index contributed by atoms with van der Waals surface area (Å²) < 4.78 is 5.59. The molecule has 15 heavy (non-hydrogen) atoms. The molecule has 0 aliphatic heterocycles. The van der Waals surface area contributed by atoms with Gasteiger partial charge in [-0.3, -0.25) is 4.90 Å². The molecule has 1 unspecified atom stereocenters. The summed E-state index contributed by atoms with van der Waals surface area (Å²) in [6.45, 7) is 9.05. The number of hydrogen-bond acceptors (Lipinski definition) is 3. The Morgan fingerprint density at radius 1 is 1.33 bits per heavy atom. The van der Waals surface area contributed by atoms with Gasteiger partial charge >= 0.3 is 0 Å². The van der Waals surface area contributed by atoms with Gasteiger partial charge in [-0.25, -0.2) is 0 Å². The van der Waals surface area contributed by atoms with Crippen molar-refractivity contribution in [3.63, 3.8) is 0 Å². The Bertz CT molecular complexity index is 283. The first-order valence-electron chi connectivity index (χ1n) is 5.72. The summed E-state index contributed by atoms with van der Waals surface area (Å²) in [5, 5.41) is 0. The van der Waals surface area contributed by atoms with Gasteiger partial charge in [0.05, 0.1) is 13.1 Å². The van der Waals surface area contributed by atoms with E-state index in [0.29, 0.717) is 12.6 Å². The summed E-state index contributed by atoms with van der Waals surface area (Å²) >= 11 is 0. The zero-order chi connectivity index (χ0) is 11.3. The molecule has 0 aliphatic rings. The van der Waals surface area contributed by atoms with Crippen LogP contribution in [-0.4, -0.2) is 17.5 Å². The standard InChI is InChI=1S/C12H22N2O/c1-4-10(3)14(5-2)9-12-7-6-11(8-13)15-12/h6-7,10H,4-5,8-9,13H2,1-3H3. The quantitative estimate of drug-likeness (QED) is 0.783. The molecule has 3 heteroatoms. The Balaban J connectivity index is 2.58. The average Bonchev–Trinajstić information content (AvgIpc) is 2.72. The van der Waals surface area contributed by atoms with Crippen LogP contribution in [0.5, 0.6) is 0 Å². The summed E-state index contributed by atoms with van der Waals surface area (Å²) in [5.74, 6) is 1.88. The van der Waals surface area contributed by atoms with Crippen LogP contribution < -0.4 is 5.73 Å². The van der Waals surface area contributed by atoms with Crippen LogP contribution in [0.25, 0.3) is 0 Å². The molecule has 0 saturated carbocycles. The van der Waals surface area contributed by atoms with E-state index < -0.39 is 0 Å². The van der Waals surface area contributed by atoms with E-state index in [4.69, 9.17) is 10.2 Å². The van der Waals surface area contributed by atoms with Crippen LogP contribution in [0.3, 0.4) is 0 Å². The van der Waals surface area contributed by atoms with E-state index >= 15 is 0 Å². The zero-order valence-corrected chi connectivity index (χ0v) is 9.99. The van der Waals surface area contributed by atoms with Gasteiger partial charge in [-0.1, -0.05) is 13.8 Å². The van der Waals surface area contributed by atoms with Crippen molar-refractivity contribution in [2.45, 2.75) is 46.3 Å². The summed E-state index contributed by atoms with van der Waals surface area (Å²) in [6, 6.07) is 4.58. The Labute approximate surface area is 92.2 Å². The van der Waals surface area contributed by atoms with Crippen molar-refractivity contribution in [3.8, 4) is 0 Å². The molecule has 3 nitrogen and oxygen atoms in total. The second-order valence-electron chi connectivity index (χ2n) is 3.89. The zero-order valence-electron chi connectivity index (χ0n) is 9.99. The van der Waals surface area contributed by atoms with Crippen LogP contribution in [-0.2, 0) is 13.1 Å². The third-order valence-corrected chi connectivity index (χ3v) is 2.90. The molecule has 0 aliphatic carbocycles. The van der Waals surface area contributed by atoms with Crippen LogP contribution in [0.15, 0.2) is 16.5 Å². The van der Waals surface area contributed by atoms with Gasteiger partial charge in [0.15, 0.2) is 0 Å². The van der Waals surface area contributed by atoms with Crippen LogP contribution in [0.4, 0.5) is 0 Å². The Hall–Kier alpha value is -0.800. The van der Waals surface area contributed by atoms with Gasteiger partial charge in [0.1, 0.15) is 11.5 Å². The summed E-state index contributed by atoms with van der Waals surface area (Å²) in [6.07, 6.45) is 1.16. The third-order valence-electron chi connectivity index (χ3n) is 2.90. The van der Waals surface area contributed by atoms with Gasteiger partial charge in [-0.05, 0) is 32.0 Å². The number of nitrogens with zero attached hydrogens (tertiary/aromatic N) is 1. The Kier molecular flexibility index (Phi) is 4.85. The van der Waals surface area contributed by atoms with Crippen molar-refractivity contribution < 1.29 is 4.42 Å². The molecular weight excluding hydrogens is 188 g/mol. The molecule has 1 aromatic heterocycles. The smallest absolute Gasteiger partial charge is 0.118 e. The first kappa shape index (κ1) is 12.3. The topological polar surface area (TPSA) is 42.4 Å². The third kappa shape index (κ3) is 3.36. The SMILES string of the molecule is CCC(C)N(CC)Cc1ccc(CN)o1. The molecule has 0 bridgehead atoms. The van der Waals surface area contributed by atoms with Crippen molar-refractivity contribution in [2.24, 2.45) is 5.73 Å². The maximum atomic E-state index is 5.59. The molecule has 2 N–H and O–H groups in total. The molecule has 0 radical (unpaired) electrons. The largest absolute Gasteiger partial charge is 0.463 e. The van der Waals surface area contributed by atoms with Crippen LogP contribution in [0.2, 0.25) is 0 Å². The maximum absolute atomic E-state index is 5.59. The van der Waals surface area contributed by atoms with Gasteiger partial charge in [-0.2, -0.15) is 0 Å². The number of furan rings is 1. The highest BCUT2D eigenvalue weighted by Gasteiger charge is 2.12. The van der Waals surface area contributed by atoms with Gasteiger partial charge in [0.2, 0.25) is 0 Å². The summed E-state index contributed by atoms with van der Waals surface area (Å²) in [4.78, 5) is 2.40. The lowest BCUT2D eigenvalue weighted by Gasteiger charge is -2.25. The molecule has 0 aromatic carbocycles. The van der Waals surface area contributed by atoms with Gasteiger partial charge < -0.3 is 10.2 Å². The Morgan fingerprint density at radius 2 is 2.00 bits per heavy atom. The molecule has 0 saturated heterocycles. The molecule has 1 rings (SSSR count). The number of rotatable bonds is 6. The Morgan fingerprint density at radius 3 is 2.47 bits per heavy atom. The normalized spacial score (nSPS) is 13.4. The fourth-order valence-electron chi connectivity index (χ4n) is 1.65. The van der Waals surface area contributed by atoms with Crippen LogP contribution >= 0.6 is 0 Å². The van der Waals surface area contributed by atoms with Crippen molar-refractivity contribution in [1.29, 1.82) is 0 Å². The van der Waals surface area contributed by atoms with E-state index in [2.05, 4.69) is 25.7 Å². The van der Waals surface area contributed by atoms with Crippen molar-refractivity contribution in [3.05, 3.63) is 23.7 Å². The minimum atomic E-state index is 0.482. The molecule has 1 aromatic rings. The number of nitrogens with two attached hydrogens (primary N) is 1. The maximum Gasteiger partial charge on any atom is 0.118 e.